The van der Waals surface area contributed by atoms with Crippen molar-refractivity contribution in [1.29, 1.82) is 0 Å². The van der Waals surface area contributed by atoms with Crippen LogP contribution in [-0.4, -0.2) is 6.54 Å². The first kappa shape index (κ1) is 16.1. The largest absolute Gasteiger partial charge is 0.306 e. The Morgan fingerprint density at radius 1 is 1.14 bits per heavy atom. The Bertz CT molecular complexity index is 605. The number of nitrogens with one attached hydrogen (secondary N) is 1. The zero-order valence-corrected chi connectivity index (χ0v) is 13.7. The van der Waals surface area contributed by atoms with E-state index in [0.717, 1.165) is 17.5 Å². The molecule has 1 nitrogen and oxygen atoms in total. The minimum absolute atomic E-state index is 0.0703. The van der Waals surface area contributed by atoms with Crippen LogP contribution < -0.4 is 5.32 Å². The fourth-order valence-corrected chi connectivity index (χ4v) is 2.80. The summed E-state index contributed by atoms with van der Waals surface area (Å²) in [5, 5.41) is 3.25. The maximum Gasteiger partial charge on any atom is 0.132 e. The Labute approximate surface area is 132 Å². The molecule has 0 saturated carbocycles. The average molecular weight is 354 g/mol. The van der Waals surface area contributed by atoms with E-state index >= 15 is 0 Å². The first-order valence-electron chi connectivity index (χ1n) is 6.98. The van der Waals surface area contributed by atoms with Gasteiger partial charge in [0.15, 0.2) is 0 Å². The van der Waals surface area contributed by atoms with Gasteiger partial charge in [-0.25, -0.2) is 8.78 Å². The summed E-state index contributed by atoms with van der Waals surface area (Å²) in [5.41, 5.74) is 1.97. The van der Waals surface area contributed by atoms with Crippen molar-refractivity contribution < 1.29 is 8.78 Å². The number of halogens is 3. The molecule has 1 atom stereocenters. The Kier molecular flexibility index (Phi) is 5.48. The van der Waals surface area contributed by atoms with E-state index in [1.54, 1.807) is 0 Å². The molecule has 0 aliphatic heterocycles. The SMILES string of the molecule is CCCNC(c1ccccc1C)c1c(F)cc(Br)cc1F. The highest BCUT2D eigenvalue weighted by molar-refractivity contribution is 9.10. The molecule has 2 aromatic carbocycles. The van der Waals surface area contributed by atoms with Crippen LogP contribution in [0.15, 0.2) is 40.9 Å². The molecule has 0 heterocycles. The van der Waals surface area contributed by atoms with Crippen LogP contribution in [-0.2, 0) is 0 Å². The summed E-state index contributed by atoms with van der Waals surface area (Å²) in [6.45, 7) is 4.66. The van der Waals surface area contributed by atoms with Crippen LogP contribution >= 0.6 is 15.9 Å². The molecule has 0 radical (unpaired) electrons. The van der Waals surface area contributed by atoms with E-state index in [1.165, 1.54) is 12.1 Å². The summed E-state index contributed by atoms with van der Waals surface area (Å²) in [4.78, 5) is 0. The van der Waals surface area contributed by atoms with Crippen molar-refractivity contribution in [2.24, 2.45) is 0 Å². The minimum Gasteiger partial charge on any atom is -0.306 e. The second-order valence-electron chi connectivity index (χ2n) is 5.03. The molecule has 0 amide bonds. The summed E-state index contributed by atoms with van der Waals surface area (Å²) >= 11 is 3.12. The third kappa shape index (κ3) is 3.69. The molecular formula is C17H18BrF2N. The van der Waals surface area contributed by atoms with Crippen LogP contribution in [0.3, 0.4) is 0 Å². The van der Waals surface area contributed by atoms with Crippen molar-refractivity contribution in [2.45, 2.75) is 26.3 Å². The topological polar surface area (TPSA) is 12.0 Å². The van der Waals surface area contributed by atoms with Crippen molar-refractivity contribution in [3.63, 3.8) is 0 Å². The molecule has 0 spiro atoms. The molecule has 0 aliphatic rings. The molecule has 0 aromatic heterocycles. The molecule has 0 saturated heterocycles. The number of rotatable bonds is 5. The predicted octanol–water partition coefficient (Wildman–Crippen LogP) is 5.12. The maximum absolute atomic E-state index is 14.3. The first-order valence-corrected chi connectivity index (χ1v) is 7.77. The van der Waals surface area contributed by atoms with Crippen molar-refractivity contribution in [3.8, 4) is 0 Å². The number of hydrogen-bond donors (Lipinski definition) is 1. The lowest BCUT2D eigenvalue weighted by molar-refractivity contribution is 0.501. The zero-order chi connectivity index (χ0) is 15.4. The Hall–Kier alpha value is -1.26. The van der Waals surface area contributed by atoms with Crippen LogP contribution in [0.5, 0.6) is 0 Å². The summed E-state index contributed by atoms with van der Waals surface area (Å²) in [6.07, 6.45) is 0.891. The molecule has 2 aromatic rings. The van der Waals surface area contributed by atoms with Crippen molar-refractivity contribution >= 4 is 15.9 Å². The molecule has 112 valence electrons. The van der Waals surface area contributed by atoms with Crippen LogP contribution in [0.1, 0.15) is 36.1 Å². The second kappa shape index (κ2) is 7.14. The highest BCUT2D eigenvalue weighted by atomic mass is 79.9. The van der Waals surface area contributed by atoms with Crippen LogP contribution in [0.25, 0.3) is 0 Å². The van der Waals surface area contributed by atoms with Gasteiger partial charge >= 0.3 is 0 Å². The summed E-state index contributed by atoms with van der Waals surface area (Å²) in [7, 11) is 0. The number of aryl methyl sites for hydroxylation is 1. The fraction of sp³-hybridized carbons (Fsp3) is 0.294. The smallest absolute Gasteiger partial charge is 0.132 e. The third-order valence-electron chi connectivity index (χ3n) is 3.43. The van der Waals surface area contributed by atoms with Crippen molar-refractivity contribution in [3.05, 3.63) is 69.2 Å². The molecule has 0 aliphatic carbocycles. The molecule has 21 heavy (non-hydrogen) atoms. The van der Waals surface area contributed by atoms with E-state index in [-0.39, 0.29) is 5.56 Å². The summed E-state index contributed by atoms with van der Waals surface area (Å²) < 4.78 is 29.0. The lowest BCUT2D eigenvalue weighted by atomic mass is 9.94. The van der Waals surface area contributed by atoms with Gasteiger partial charge in [-0.15, -0.1) is 0 Å². The molecular weight excluding hydrogens is 336 g/mol. The van der Waals surface area contributed by atoms with Gasteiger partial charge in [0.05, 0.1) is 6.04 Å². The minimum atomic E-state index is -0.543. The normalized spacial score (nSPS) is 12.4. The van der Waals surface area contributed by atoms with Gasteiger partial charge < -0.3 is 5.32 Å². The fourth-order valence-electron chi connectivity index (χ4n) is 2.40. The zero-order valence-electron chi connectivity index (χ0n) is 12.1. The van der Waals surface area contributed by atoms with E-state index in [1.807, 2.05) is 38.1 Å². The molecule has 0 bridgehead atoms. The van der Waals surface area contributed by atoms with Crippen molar-refractivity contribution in [2.75, 3.05) is 6.54 Å². The van der Waals surface area contributed by atoms with Gasteiger partial charge in [0.2, 0.25) is 0 Å². The van der Waals surface area contributed by atoms with Crippen molar-refractivity contribution in [1.82, 2.24) is 5.32 Å². The average Bonchev–Trinajstić information content (AvgIpc) is 2.42. The lowest BCUT2D eigenvalue weighted by Crippen LogP contribution is -2.26. The van der Waals surface area contributed by atoms with E-state index in [2.05, 4.69) is 21.2 Å². The Morgan fingerprint density at radius 3 is 2.33 bits per heavy atom. The molecule has 1 N–H and O–H groups in total. The van der Waals surface area contributed by atoms with Gasteiger partial charge in [-0.1, -0.05) is 47.1 Å². The highest BCUT2D eigenvalue weighted by Gasteiger charge is 2.23. The van der Waals surface area contributed by atoms with Gasteiger partial charge in [0.25, 0.3) is 0 Å². The molecule has 4 heteroatoms. The predicted molar refractivity (Wildman–Crippen MR) is 85.4 cm³/mol. The third-order valence-corrected chi connectivity index (χ3v) is 3.89. The highest BCUT2D eigenvalue weighted by Crippen LogP contribution is 2.31. The first-order chi connectivity index (χ1) is 10.0. The maximum atomic E-state index is 14.3. The Morgan fingerprint density at radius 2 is 1.76 bits per heavy atom. The van der Waals surface area contributed by atoms with E-state index < -0.39 is 17.7 Å². The molecule has 0 fully saturated rings. The monoisotopic (exact) mass is 353 g/mol. The van der Waals surface area contributed by atoms with Crippen LogP contribution in [0.4, 0.5) is 8.78 Å². The summed E-state index contributed by atoms with van der Waals surface area (Å²) in [5.74, 6) is -1.09. The van der Waals surface area contributed by atoms with Gasteiger partial charge in [0, 0.05) is 10.0 Å². The van der Waals surface area contributed by atoms with E-state index in [9.17, 15) is 8.78 Å². The number of benzene rings is 2. The summed E-state index contributed by atoms with van der Waals surface area (Å²) in [6, 6.07) is 9.78. The Balaban J connectivity index is 2.54. The van der Waals surface area contributed by atoms with E-state index in [4.69, 9.17) is 0 Å². The van der Waals surface area contributed by atoms with Gasteiger partial charge in [0.1, 0.15) is 11.6 Å². The van der Waals surface area contributed by atoms with Gasteiger partial charge in [-0.3, -0.25) is 0 Å². The van der Waals surface area contributed by atoms with Gasteiger partial charge in [-0.05, 0) is 43.1 Å². The lowest BCUT2D eigenvalue weighted by Gasteiger charge is -2.22. The van der Waals surface area contributed by atoms with Gasteiger partial charge in [-0.2, -0.15) is 0 Å². The van der Waals surface area contributed by atoms with Crippen LogP contribution in [0.2, 0.25) is 0 Å². The quantitative estimate of drug-likeness (QED) is 0.785. The standard InChI is InChI=1S/C17H18BrF2N/c1-3-8-21-17(13-7-5-4-6-11(13)2)16-14(19)9-12(18)10-15(16)20/h4-7,9-10,17,21H,3,8H2,1-2H3. The van der Waals surface area contributed by atoms with E-state index in [0.29, 0.717) is 11.0 Å². The molecule has 2 rings (SSSR count). The number of hydrogen-bond acceptors (Lipinski definition) is 1. The molecule has 1 unspecified atom stereocenters. The second-order valence-corrected chi connectivity index (χ2v) is 5.94. The van der Waals surface area contributed by atoms with Crippen LogP contribution in [0, 0.1) is 18.6 Å².